The maximum atomic E-state index is 10.3. The topological polar surface area (TPSA) is 70.9 Å². The van der Waals surface area contributed by atoms with Gasteiger partial charge in [-0.05, 0) is 29.3 Å². The minimum atomic E-state index is 0.484. The van der Waals surface area contributed by atoms with Crippen molar-refractivity contribution in [2.75, 3.05) is 27.4 Å². The highest BCUT2D eigenvalue weighted by Crippen LogP contribution is 2.16. The molecular formula is C12H20N2O3S. The number of aliphatic hydroxyl groups is 1. The van der Waals surface area contributed by atoms with E-state index < -0.39 is 0 Å². The van der Waals surface area contributed by atoms with Crippen LogP contribution in [0.25, 0.3) is 0 Å². The fraction of sp³-hybridized carbons (Fsp3) is 0.500. The summed E-state index contributed by atoms with van der Waals surface area (Å²) < 4.78 is 8.17. The standard InChI is InChI=1S/C11H16N2O2S.CH4O/c1-15-7-3-6-12-16-9-10-4-2-5-11(8-10)13-14;1-2/h2,4-5,8,12H,3,6-7,9H2,1H3;2H,1H3. The molecule has 0 heterocycles. The lowest BCUT2D eigenvalue weighted by atomic mass is 10.2. The van der Waals surface area contributed by atoms with Crippen molar-refractivity contribution in [3.63, 3.8) is 0 Å². The summed E-state index contributed by atoms with van der Waals surface area (Å²) in [6.07, 6.45) is 0.999. The Labute approximate surface area is 112 Å². The first-order valence-electron chi connectivity index (χ1n) is 5.57. The van der Waals surface area contributed by atoms with E-state index in [0.29, 0.717) is 5.69 Å². The van der Waals surface area contributed by atoms with Gasteiger partial charge < -0.3 is 9.84 Å². The van der Waals surface area contributed by atoms with Crippen LogP contribution in [0, 0.1) is 4.91 Å². The van der Waals surface area contributed by atoms with E-state index in [4.69, 9.17) is 9.84 Å². The van der Waals surface area contributed by atoms with Gasteiger partial charge >= 0.3 is 0 Å². The zero-order valence-electron chi connectivity index (χ0n) is 10.8. The van der Waals surface area contributed by atoms with Gasteiger partial charge in [0.15, 0.2) is 0 Å². The molecule has 0 aliphatic heterocycles. The lowest BCUT2D eigenvalue weighted by Gasteiger charge is -2.04. The molecule has 5 nitrogen and oxygen atoms in total. The maximum absolute atomic E-state index is 10.3. The van der Waals surface area contributed by atoms with Crippen molar-refractivity contribution < 1.29 is 9.84 Å². The van der Waals surface area contributed by atoms with Crippen LogP contribution in [0.3, 0.4) is 0 Å². The number of aliphatic hydroxyl groups excluding tert-OH is 1. The molecule has 0 radical (unpaired) electrons. The van der Waals surface area contributed by atoms with Crippen LogP contribution >= 0.6 is 11.9 Å². The van der Waals surface area contributed by atoms with Crippen molar-refractivity contribution in [1.82, 2.24) is 4.72 Å². The highest BCUT2D eigenvalue weighted by Gasteiger charge is 1.96. The Balaban J connectivity index is 0.00000137. The molecule has 6 heteroatoms. The molecule has 0 atom stereocenters. The Bertz CT molecular complexity index is 324. The average Bonchev–Trinajstić information content (AvgIpc) is 2.45. The van der Waals surface area contributed by atoms with Gasteiger partial charge in [-0.25, -0.2) is 0 Å². The van der Waals surface area contributed by atoms with Crippen LogP contribution in [0.5, 0.6) is 0 Å². The minimum Gasteiger partial charge on any atom is -0.400 e. The van der Waals surface area contributed by atoms with Crippen molar-refractivity contribution in [3.05, 3.63) is 34.7 Å². The third-order valence-electron chi connectivity index (χ3n) is 1.98. The van der Waals surface area contributed by atoms with E-state index in [1.807, 2.05) is 12.1 Å². The number of ether oxygens (including phenoxy) is 1. The number of rotatable bonds is 8. The number of hydrogen-bond acceptors (Lipinski definition) is 6. The monoisotopic (exact) mass is 272 g/mol. The van der Waals surface area contributed by atoms with E-state index in [2.05, 4.69) is 9.90 Å². The average molecular weight is 272 g/mol. The molecule has 1 rings (SSSR count). The fourth-order valence-corrected chi connectivity index (χ4v) is 1.94. The molecule has 0 aliphatic rings. The third-order valence-corrected chi connectivity index (χ3v) is 2.87. The van der Waals surface area contributed by atoms with E-state index in [9.17, 15) is 4.91 Å². The number of benzene rings is 1. The number of nitroso groups, excluding NO2 is 1. The first kappa shape index (κ1) is 17.1. The lowest BCUT2D eigenvalue weighted by Crippen LogP contribution is -2.08. The molecular weight excluding hydrogens is 252 g/mol. The van der Waals surface area contributed by atoms with Gasteiger partial charge in [0.05, 0.1) is 0 Å². The van der Waals surface area contributed by atoms with Crippen molar-refractivity contribution in [2.24, 2.45) is 5.18 Å². The Hall–Kier alpha value is -0.950. The van der Waals surface area contributed by atoms with Crippen LogP contribution in [0.4, 0.5) is 5.69 Å². The summed E-state index contributed by atoms with van der Waals surface area (Å²) in [5, 5.41) is 9.90. The van der Waals surface area contributed by atoms with Crippen LogP contribution in [0.15, 0.2) is 29.4 Å². The normalized spacial score (nSPS) is 9.50. The number of nitrogens with zero attached hydrogens (tertiary/aromatic N) is 1. The molecule has 1 aromatic rings. The zero-order valence-corrected chi connectivity index (χ0v) is 11.6. The van der Waals surface area contributed by atoms with Gasteiger partial charge in [0.2, 0.25) is 0 Å². The molecule has 18 heavy (non-hydrogen) atoms. The highest BCUT2D eigenvalue weighted by atomic mass is 32.2. The largest absolute Gasteiger partial charge is 0.400 e. The quantitative estimate of drug-likeness (QED) is 0.432. The summed E-state index contributed by atoms with van der Waals surface area (Å²) in [6.45, 7) is 1.70. The molecule has 2 N–H and O–H groups in total. The van der Waals surface area contributed by atoms with E-state index >= 15 is 0 Å². The summed E-state index contributed by atoms with van der Waals surface area (Å²) in [4.78, 5) is 10.3. The summed E-state index contributed by atoms with van der Waals surface area (Å²) in [7, 11) is 2.70. The highest BCUT2D eigenvalue weighted by molar-refractivity contribution is 7.96. The number of nitrogens with one attached hydrogen (secondary N) is 1. The van der Waals surface area contributed by atoms with Crippen LogP contribution in [-0.4, -0.2) is 32.5 Å². The predicted molar refractivity (Wildman–Crippen MR) is 75.8 cm³/mol. The fourth-order valence-electron chi connectivity index (χ4n) is 1.20. The summed E-state index contributed by atoms with van der Waals surface area (Å²) in [5.74, 6) is 0.830. The smallest absolute Gasteiger partial charge is 0.108 e. The Morgan fingerprint density at radius 3 is 2.89 bits per heavy atom. The van der Waals surface area contributed by atoms with Crippen molar-refractivity contribution in [3.8, 4) is 0 Å². The van der Waals surface area contributed by atoms with E-state index in [0.717, 1.165) is 38.0 Å². The van der Waals surface area contributed by atoms with Gasteiger partial charge in [0.25, 0.3) is 0 Å². The van der Waals surface area contributed by atoms with E-state index in [-0.39, 0.29) is 0 Å². The summed E-state index contributed by atoms with van der Waals surface area (Å²) in [6, 6.07) is 7.33. The molecule has 0 saturated heterocycles. The minimum absolute atomic E-state index is 0.484. The molecule has 0 fully saturated rings. The molecule has 1 aromatic carbocycles. The first-order valence-corrected chi connectivity index (χ1v) is 6.56. The molecule has 0 aromatic heterocycles. The Morgan fingerprint density at radius 1 is 1.44 bits per heavy atom. The van der Waals surface area contributed by atoms with Gasteiger partial charge in [0.1, 0.15) is 5.69 Å². The molecule has 0 saturated carbocycles. The Kier molecular flexibility index (Phi) is 11.8. The Morgan fingerprint density at radius 2 is 2.22 bits per heavy atom. The van der Waals surface area contributed by atoms with Crippen molar-refractivity contribution in [2.45, 2.75) is 12.2 Å². The number of hydrogen-bond donors (Lipinski definition) is 2. The van der Waals surface area contributed by atoms with Crippen molar-refractivity contribution >= 4 is 17.6 Å². The molecule has 0 spiro atoms. The van der Waals surface area contributed by atoms with Gasteiger partial charge in [-0.15, -0.1) is 4.91 Å². The van der Waals surface area contributed by atoms with Gasteiger partial charge in [-0.3, -0.25) is 4.72 Å². The van der Waals surface area contributed by atoms with Crippen molar-refractivity contribution in [1.29, 1.82) is 0 Å². The van der Waals surface area contributed by atoms with E-state index in [1.54, 1.807) is 31.2 Å². The van der Waals surface area contributed by atoms with Crippen LogP contribution in [0.1, 0.15) is 12.0 Å². The SMILES string of the molecule is CO.COCCCNSCc1cccc(N=O)c1. The first-order chi connectivity index (χ1) is 8.86. The summed E-state index contributed by atoms with van der Waals surface area (Å²) in [5.41, 5.74) is 1.58. The zero-order chi connectivity index (χ0) is 13.6. The second-order valence-electron chi connectivity index (χ2n) is 3.29. The maximum Gasteiger partial charge on any atom is 0.108 e. The second kappa shape index (κ2) is 12.5. The third kappa shape index (κ3) is 8.19. The van der Waals surface area contributed by atoms with Crippen LogP contribution in [0.2, 0.25) is 0 Å². The van der Waals surface area contributed by atoms with Crippen LogP contribution in [-0.2, 0) is 10.5 Å². The van der Waals surface area contributed by atoms with Crippen LogP contribution < -0.4 is 4.72 Å². The molecule has 102 valence electrons. The molecule has 0 aliphatic carbocycles. The van der Waals surface area contributed by atoms with Gasteiger partial charge in [-0.2, -0.15) is 0 Å². The lowest BCUT2D eigenvalue weighted by molar-refractivity contribution is 0.196. The molecule has 0 amide bonds. The van der Waals surface area contributed by atoms with Gasteiger partial charge in [0, 0.05) is 33.1 Å². The number of methoxy groups -OCH3 is 1. The van der Waals surface area contributed by atoms with E-state index in [1.165, 1.54) is 0 Å². The summed E-state index contributed by atoms with van der Waals surface area (Å²) >= 11 is 1.63. The molecule has 0 bridgehead atoms. The van der Waals surface area contributed by atoms with Gasteiger partial charge in [-0.1, -0.05) is 24.1 Å². The predicted octanol–water partition coefficient (Wildman–Crippen LogP) is 2.47. The second-order valence-corrected chi connectivity index (χ2v) is 4.16. The molecule has 0 unspecified atom stereocenters.